The van der Waals surface area contributed by atoms with Gasteiger partial charge < -0.3 is 5.73 Å². The summed E-state index contributed by atoms with van der Waals surface area (Å²) in [6, 6.07) is 2.41. The summed E-state index contributed by atoms with van der Waals surface area (Å²) in [5.41, 5.74) is 10.1. The van der Waals surface area contributed by atoms with E-state index in [0.717, 1.165) is 0 Å². The quantitative estimate of drug-likeness (QED) is 0.618. The molecule has 4 N–H and O–H groups in total. The highest BCUT2D eigenvalue weighted by atomic mass is 35.5. The smallest absolute Gasteiger partial charge is 0.269 e. The maximum Gasteiger partial charge on any atom is 0.269 e. The number of hydrogen-bond donors (Lipinski definition) is 3. The number of hydrogen-bond acceptors (Lipinski definition) is 4. The van der Waals surface area contributed by atoms with Crippen LogP contribution in [-0.2, 0) is 4.79 Å². The predicted molar refractivity (Wildman–Crippen MR) is 60.7 cm³/mol. The first kappa shape index (κ1) is 14.3. The highest BCUT2D eigenvalue weighted by Crippen LogP contribution is 1.94. The number of carbonyl (C=O) groups is 2. The van der Waals surface area contributed by atoms with E-state index in [1.807, 2.05) is 0 Å². The molecule has 0 aromatic carbocycles. The molecule has 7 heteroatoms. The molecule has 0 aliphatic carbocycles. The summed E-state index contributed by atoms with van der Waals surface area (Å²) in [6.45, 7) is 1.52. The zero-order valence-electron chi connectivity index (χ0n) is 8.64. The monoisotopic (exact) mass is 244 g/mol. The molecule has 1 unspecified atom stereocenters. The van der Waals surface area contributed by atoms with Gasteiger partial charge in [-0.3, -0.25) is 25.4 Å². The van der Waals surface area contributed by atoms with Crippen LogP contribution in [0.15, 0.2) is 24.5 Å². The summed E-state index contributed by atoms with van der Waals surface area (Å²) < 4.78 is 0. The van der Waals surface area contributed by atoms with Crippen LogP contribution in [0.25, 0.3) is 0 Å². The first-order valence-corrected chi connectivity index (χ1v) is 4.37. The fourth-order valence-corrected chi connectivity index (χ4v) is 0.808. The molecule has 6 nitrogen and oxygen atoms in total. The van der Waals surface area contributed by atoms with Crippen LogP contribution >= 0.6 is 12.4 Å². The summed E-state index contributed by atoms with van der Waals surface area (Å²) in [5.74, 6) is -0.858. The molecule has 1 heterocycles. The number of rotatable bonds is 2. The van der Waals surface area contributed by atoms with Gasteiger partial charge >= 0.3 is 0 Å². The van der Waals surface area contributed by atoms with E-state index >= 15 is 0 Å². The average molecular weight is 245 g/mol. The van der Waals surface area contributed by atoms with Gasteiger partial charge in [-0.2, -0.15) is 0 Å². The number of hydrazine groups is 1. The van der Waals surface area contributed by atoms with Crippen LogP contribution < -0.4 is 16.6 Å². The summed E-state index contributed by atoms with van der Waals surface area (Å²) in [5, 5.41) is 0. The van der Waals surface area contributed by atoms with Gasteiger partial charge in [-0.1, -0.05) is 0 Å². The number of amides is 2. The van der Waals surface area contributed by atoms with Crippen LogP contribution in [0.4, 0.5) is 0 Å². The third kappa shape index (κ3) is 4.24. The van der Waals surface area contributed by atoms with Gasteiger partial charge in [0.25, 0.3) is 11.8 Å². The SMILES string of the molecule is CC(N)C(=O)NNC(=O)c1ccncc1.Cl. The average Bonchev–Trinajstić information content (AvgIpc) is 2.26. The highest BCUT2D eigenvalue weighted by Gasteiger charge is 2.09. The second-order valence-electron chi connectivity index (χ2n) is 2.97. The van der Waals surface area contributed by atoms with Gasteiger partial charge in [-0.05, 0) is 19.1 Å². The Labute approximate surface area is 99.0 Å². The van der Waals surface area contributed by atoms with Crippen LogP contribution in [-0.4, -0.2) is 22.8 Å². The van der Waals surface area contributed by atoms with Crippen LogP contribution in [0.5, 0.6) is 0 Å². The third-order valence-electron chi connectivity index (χ3n) is 1.66. The third-order valence-corrected chi connectivity index (χ3v) is 1.66. The minimum Gasteiger partial charge on any atom is -0.320 e. The summed E-state index contributed by atoms with van der Waals surface area (Å²) >= 11 is 0. The Kier molecular flexibility index (Phi) is 6.06. The highest BCUT2D eigenvalue weighted by molar-refractivity contribution is 5.95. The largest absolute Gasteiger partial charge is 0.320 e. The molecule has 0 saturated carbocycles. The molecule has 1 aromatic rings. The number of aromatic nitrogens is 1. The van der Waals surface area contributed by atoms with Crippen molar-refractivity contribution in [3.8, 4) is 0 Å². The van der Waals surface area contributed by atoms with Crippen LogP contribution in [0.3, 0.4) is 0 Å². The molecular formula is C9H13ClN4O2. The molecule has 88 valence electrons. The van der Waals surface area contributed by atoms with E-state index in [0.29, 0.717) is 5.56 Å². The first-order chi connectivity index (χ1) is 7.11. The lowest BCUT2D eigenvalue weighted by atomic mass is 10.2. The lowest BCUT2D eigenvalue weighted by Crippen LogP contribution is -2.48. The fraction of sp³-hybridized carbons (Fsp3) is 0.222. The molecule has 0 bridgehead atoms. The number of carbonyl (C=O) groups excluding carboxylic acids is 2. The summed E-state index contributed by atoms with van der Waals surface area (Å²) in [4.78, 5) is 26.2. The second-order valence-corrected chi connectivity index (χ2v) is 2.97. The van der Waals surface area contributed by atoms with E-state index < -0.39 is 17.9 Å². The van der Waals surface area contributed by atoms with Crippen molar-refractivity contribution in [1.82, 2.24) is 15.8 Å². The van der Waals surface area contributed by atoms with Gasteiger partial charge in [0.2, 0.25) is 0 Å². The number of pyridine rings is 1. The molecule has 16 heavy (non-hydrogen) atoms. The summed E-state index contributed by atoms with van der Waals surface area (Å²) in [7, 11) is 0. The summed E-state index contributed by atoms with van der Waals surface area (Å²) in [6.07, 6.45) is 2.98. The molecule has 2 amide bonds. The van der Waals surface area contributed by atoms with Gasteiger partial charge in [-0.25, -0.2) is 0 Å². The zero-order chi connectivity index (χ0) is 11.3. The molecule has 0 radical (unpaired) electrons. The van der Waals surface area contributed by atoms with Gasteiger partial charge in [0.05, 0.1) is 6.04 Å². The van der Waals surface area contributed by atoms with E-state index in [9.17, 15) is 9.59 Å². The topological polar surface area (TPSA) is 97.1 Å². The van der Waals surface area contributed by atoms with Crippen LogP contribution in [0, 0.1) is 0 Å². The maximum absolute atomic E-state index is 11.4. The Bertz CT molecular complexity index is 356. The van der Waals surface area contributed by atoms with Crippen LogP contribution in [0.1, 0.15) is 17.3 Å². The van der Waals surface area contributed by atoms with Crippen molar-refractivity contribution >= 4 is 24.2 Å². The van der Waals surface area contributed by atoms with Crippen molar-refractivity contribution in [1.29, 1.82) is 0 Å². The minimum atomic E-state index is -0.664. The van der Waals surface area contributed by atoms with Crippen molar-refractivity contribution in [2.45, 2.75) is 13.0 Å². The van der Waals surface area contributed by atoms with Gasteiger partial charge in [0, 0.05) is 18.0 Å². The van der Waals surface area contributed by atoms with Gasteiger partial charge in [0.1, 0.15) is 0 Å². The standard InChI is InChI=1S/C9H12N4O2.ClH/c1-6(10)8(14)12-13-9(15)7-2-4-11-5-3-7;/h2-6H,10H2,1H3,(H,12,14)(H,13,15);1H. The van der Waals surface area contributed by atoms with Gasteiger partial charge in [-0.15, -0.1) is 12.4 Å². The van der Waals surface area contributed by atoms with E-state index in [1.54, 1.807) is 0 Å². The Morgan fingerprint density at radius 3 is 2.38 bits per heavy atom. The van der Waals surface area contributed by atoms with E-state index in [4.69, 9.17) is 5.73 Å². The molecule has 1 atom stereocenters. The predicted octanol–water partition coefficient (Wildman–Crippen LogP) is -0.388. The fourth-order valence-electron chi connectivity index (χ4n) is 0.808. The van der Waals surface area contributed by atoms with Crippen LogP contribution in [0.2, 0.25) is 0 Å². The molecule has 0 aliphatic rings. The van der Waals surface area contributed by atoms with Crippen molar-refractivity contribution in [2.24, 2.45) is 5.73 Å². The molecule has 0 spiro atoms. The van der Waals surface area contributed by atoms with E-state index in [2.05, 4.69) is 15.8 Å². The lowest BCUT2D eigenvalue weighted by molar-refractivity contribution is -0.122. The minimum absolute atomic E-state index is 0. The van der Waals surface area contributed by atoms with Gasteiger partial charge in [0.15, 0.2) is 0 Å². The van der Waals surface area contributed by atoms with Crippen molar-refractivity contribution in [3.05, 3.63) is 30.1 Å². The van der Waals surface area contributed by atoms with Crippen molar-refractivity contribution in [2.75, 3.05) is 0 Å². The molecule has 0 fully saturated rings. The van der Waals surface area contributed by atoms with Crippen molar-refractivity contribution < 1.29 is 9.59 Å². The van der Waals surface area contributed by atoms with E-state index in [-0.39, 0.29) is 12.4 Å². The second kappa shape index (κ2) is 6.76. The zero-order valence-corrected chi connectivity index (χ0v) is 9.45. The Hall–Kier alpha value is -1.66. The Morgan fingerprint density at radius 1 is 1.31 bits per heavy atom. The normalized spacial score (nSPS) is 10.9. The number of nitrogens with zero attached hydrogens (tertiary/aromatic N) is 1. The maximum atomic E-state index is 11.4. The molecular weight excluding hydrogens is 232 g/mol. The molecule has 0 aliphatic heterocycles. The van der Waals surface area contributed by atoms with Crippen molar-refractivity contribution in [3.63, 3.8) is 0 Å². The number of nitrogens with two attached hydrogens (primary N) is 1. The molecule has 1 aromatic heterocycles. The Balaban J connectivity index is 0.00000225. The van der Waals surface area contributed by atoms with E-state index in [1.165, 1.54) is 31.5 Å². The lowest BCUT2D eigenvalue weighted by Gasteiger charge is -2.08. The number of halogens is 1. The first-order valence-electron chi connectivity index (χ1n) is 4.37. The number of nitrogens with one attached hydrogen (secondary N) is 2. The molecule has 0 saturated heterocycles. The Morgan fingerprint density at radius 2 is 1.88 bits per heavy atom. The molecule has 1 rings (SSSR count).